The van der Waals surface area contributed by atoms with Crippen molar-refractivity contribution in [1.29, 1.82) is 21.0 Å². The number of carbonyl (C=O) groups is 1. The molecule has 0 unspecified atom stereocenters. The average Bonchev–Trinajstić information content (AvgIpc) is 3.12. The molecule has 1 aliphatic rings. The molecule has 0 amide bonds. The Morgan fingerprint density at radius 1 is 1.19 bits per heavy atom. The molecule has 1 aliphatic carbocycles. The molecule has 5 heteroatoms. The van der Waals surface area contributed by atoms with E-state index in [2.05, 4.69) is 0 Å². The van der Waals surface area contributed by atoms with Crippen molar-refractivity contribution in [1.82, 2.24) is 0 Å². The summed E-state index contributed by atoms with van der Waals surface area (Å²) in [6.07, 6.45) is 1.22. The number of nitrogens with zero attached hydrogens (tertiary/aromatic N) is 4. The molecule has 1 fully saturated rings. The van der Waals surface area contributed by atoms with E-state index in [-0.39, 0.29) is 18.1 Å². The largest absolute Gasteiger partial charge is 0.299 e. The zero-order valence-corrected chi connectivity index (χ0v) is 8.47. The van der Waals surface area contributed by atoms with Gasteiger partial charge in [0.25, 0.3) is 0 Å². The molecule has 16 heavy (non-hydrogen) atoms. The zero-order chi connectivity index (χ0) is 12.2. The number of carbonyl (C=O) groups excluding carboxylic acids is 1. The molecule has 0 aromatic heterocycles. The van der Waals surface area contributed by atoms with Crippen LogP contribution in [0.25, 0.3) is 0 Å². The minimum atomic E-state index is -1.82. The quantitative estimate of drug-likeness (QED) is 0.691. The number of nitriles is 4. The highest BCUT2D eigenvalue weighted by Crippen LogP contribution is 2.37. The second kappa shape index (κ2) is 4.43. The van der Waals surface area contributed by atoms with Gasteiger partial charge in [-0.05, 0) is 12.8 Å². The van der Waals surface area contributed by atoms with Gasteiger partial charge >= 0.3 is 0 Å². The van der Waals surface area contributed by atoms with Gasteiger partial charge in [0, 0.05) is 12.3 Å². The molecular weight excluding hydrogens is 204 g/mol. The lowest BCUT2D eigenvalue weighted by molar-refractivity contribution is -0.121. The van der Waals surface area contributed by atoms with Gasteiger partial charge in [0.1, 0.15) is 5.78 Å². The van der Waals surface area contributed by atoms with Gasteiger partial charge in [-0.25, -0.2) is 0 Å². The van der Waals surface area contributed by atoms with Crippen molar-refractivity contribution in [2.75, 3.05) is 0 Å². The lowest BCUT2D eigenvalue weighted by atomic mass is 9.75. The normalized spacial score (nSPS) is 14.3. The van der Waals surface area contributed by atoms with Crippen molar-refractivity contribution in [2.24, 2.45) is 17.3 Å². The first kappa shape index (κ1) is 11.7. The number of rotatable bonds is 4. The molecule has 0 aliphatic heterocycles. The van der Waals surface area contributed by atoms with E-state index in [9.17, 15) is 4.79 Å². The van der Waals surface area contributed by atoms with Crippen LogP contribution in [0.4, 0.5) is 0 Å². The Hall–Kier alpha value is -2.37. The standard InChI is InChI=1S/C11H8N4O/c12-4-9(5-13)11(6-14,7-15)3-10(16)8-1-2-8/h8-9H,1-3H2. The fourth-order valence-electron chi connectivity index (χ4n) is 1.41. The smallest absolute Gasteiger partial charge is 0.179 e. The molecule has 1 saturated carbocycles. The topological polar surface area (TPSA) is 112 Å². The first-order valence-electron chi connectivity index (χ1n) is 4.78. The fraction of sp³-hybridized carbons (Fsp3) is 0.545. The van der Waals surface area contributed by atoms with Crippen molar-refractivity contribution in [2.45, 2.75) is 19.3 Å². The summed E-state index contributed by atoms with van der Waals surface area (Å²) in [7, 11) is 0. The van der Waals surface area contributed by atoms with Crippen molar-refractivity contribution in [3.63, 3.8) is 0 Å². The number of hydrogen-bond donors (Lipinski definition) is 0. The van der Waals surface area contributed by atoms with Crippen molar-refractivity contribution >= 4 is 5.78 Å². The van der Waals surface area contributed by atoms with Crippen LogP contribution >= 0.6 is 0 Å². The van der Waals surface area contributed by atoms with Gasteiger partial charge in [0.2, 0.25) is 0 Å². The van der Waals surface area contributed by atoms with Gasteiger partial charge in [-0.2, -0.15) is 21.0 Å². The number of ketones is 1. The molecule has 0 bridgehead atoms. The third-order valence-electron chi connectivity index (χ3n) is 2.64. The Balaban J connectivity index is 2.94. The van der Waals surface area contributed by atoms with Crippen LogP contribution in [-0.2, 0) is 4.79 Å². The molecule has 0 aromatic carbocycles. The van der Waals surface area contributed by atoms with Crippen LogP contribution in [0.2, 0.25) is 0 Å². The first-order valence-corrected chi connectivity index (χ1v) is 4.78. The molecule has 0 aromatic rings. The van der Waals surface area contributed by atoms with Crippen LogP contribution in [0.15, 0.2) is 0 Å². The maximum Gasteiger partial charge on any atom is 0.179 e. The number of Topliss-reactive ketones (excluding diaryl/α,β-unsaturated/α-hetero) is 1. The van der Waals surface area contributed by atoms with Gasteiger partial charge in [-0.15, -0.1) is 0 Å². The molecule has 0 saturated heterocycles. The van der Waals surface area contributed by atoms with E-state index < -0.39 is 11.3 Å². The van der Waals surface area contributed by atoms with Gasteiger partial charge in [-0.3, -0.25) is 4.79 Å². The summed E-state index contributed by atoms with van der Waals surface area (Å²) in [4.78, 5) is 11.6. The van der Waals surface area contributed by atoms with E-state index in [1.54, 1.807) is 24.3 Å². The molecular formula is C11H8N4O. The third-order valence-corrected chi connectivity index (χ3v) is 2.64. The highest BCUT2D eigenvalue weighted by molar-refractivity contribution is 5.84. The monoisotopic (exact) mass is 212 g/mol. The highest BCUT2D eigenvalue weighted by Gasteiger charge is 2.45. The van der Waals surface area contributed by atoms with E-state index in [0.29, 0.717) is 0 Å². The van der Waals surface area contributed by atoms with E-state index >= 15 is 0 Å². The molecule has 0 N–H and O–H groups in total. The van der Waals surface area contributed by atoms with E-state index in [4.69, 9.17) is 21.0 Å². The lowest BCUT2D eigenvalue weighted by Gasteiger charge is -2.17. The minimum Gasteiger partial charge on any atom is -0.299 e. The summed E-state index contributed by atoms with van der Waals surface area (Å²) in [6, 6.07) is 6.51. The average molecular weight is 212 g/mol. The Morgan fingerprint density at radius 3 is 2.00 bits per heavy atom. The summed E-state index contributed by atoms with van der Waals surface area (Å²) >= 11 is 0. The molecule has 0 atom stereocenters. The second-order valence-corrected chi connectivity index (χ2v) is 3.80. The maximum absolute atomic E-state index is 11.6. The van der Waals surface area contributed by atoms with E-state index in [1.807, 2.05) is 0 Å². The molecule has 0 radical (unpaired) electrons. The zero-order valence-electron chi connectivity index (χ0n) is 8.47. The van der Waals surface area contributed by atoms with E-state index in [0.717, 1.165) is 12.8 Å². The highest BCUT2D eigenvalue weighted by atomic mass is 16.1. The van der Waals surface area contributed by atoms with Crippen LogP contribution < -0.4 is 0 Å². The lowest BCUT2D eigenvalue weighted by Crippen LogP contribution is -2.29. The first-order chi connectivity index (χ1) is 7.63. The summed E-state index contributed by atoms with van der Waals surface area (Å²) in [6.45, 7) is 0. The molecule has 0 spiro atoms. The Labute approximate surface area is 93.1 Å². The Morgan fingerprint density at radius 2 is 1.69 bits per heavy atom. The van der Waals surface area contributed by atoms with Gasteiger partial charge in [0.05, 0.1) is 24.3 Å². The summed E-state index contributed by atoms with van der Waals surface area (Å²) in [5.41, 5.74) is -1.82. The minimum absolute atomic E-state index is 0.0842. The molecule has 0 heterocycles. The number of hydrogen-bond acceptors (Lipinski definition) is 5. The Bertz CT molecular complexity index is 436. The third kappa shape index (κ3) is 2.00. The molecule has 5 nitrogen and oxygen atoms in total. The van der Waals surface area contributed by atoms with Crippen LogP contribution in [0.1, 0.15) is 19.3 Å². The van der Waals surface area contributed by atoms with E-state index in [1.165, 1.54) is 0 Å². The fourth-order valence-corrected chi connectivity index (χ4v) is 1.41. The second-order valence-electron chi connectivity index (χ2n) is 3.80. The maximum atomic E-state index is 11.6. The van der Waals surface area contributed by atoms with Crippen LogP contribution in [0.3, 0.4) is 0 Å². The van der Waals surface area contributed by atoms with Gasteiger partial charge in [0.15, 0.2) is 11.3 Å². The van der Waals surface area contributed by atoms with Crippen LogP contribution in [-0.4, -0.2) is 5.78 Å². The van der Waals surface area contributed by atoms with Crippen LogP contribution in [0, 0.1) is 62.6 Å². The van der Waals surface area contributed by atoms with Crippen molar-refractivity contribution in [3.05, 3.63) is 0 Å². The Kier molecular flexibility index (Phi) is 3.24. The molecule has 78 valence electrons. The summed E-state index contributed by atoms with van der Waals surface area (Å²) in [5.74, 6) is -1.66. The molecule has 1 rings (SSSR count). The predicted octanol–water partition coefficient (Wildman–Crippen LogP) is 1.05. The van der Waals surface area contributed by atoms with Gasteiger partial charge in [-0.1, -0.05) is 0 Å². The summed E-state index contributed by atoms with van der Waals surface area (Å²) < 4.78 is 0. The van der Waals surface area contributed by atoms with Crippen LogP contribution in [0.5, 0.6) is 0 Å². The van der Waals surface area contributed by atoms with Gasteiger partial charge < -0.3 is 0 Å². The summed E-state index contributed by atoms with van der Waals surface area (Å²) in [5, 5.41) is 35.3. The SMILES string of the molecule is N#CC(C#N)C(C#N)(C#N)CC(=O)C1CC1. The van der Waals surface area contributed by atoms with Crippen molar-refractivity contribution < 1.29 is 4.79 Å². The predicted molar refractivity (Wildman–Crippen MR) is 50.7 cm³/mol. The van der Waals surface area contributed by atoms with Crippen molar-refractivity contribution in [3.8, 4) is 24.3 Å².